The Kier molecular flexibility index (Phi) is 2.32. The van der Waals surface area contributed by atoms with Crippen LogP contribution in [0.3, 0.4) is 0 Å². The molecular formula is C16H12ClNO. The first-order valence-corrected chi connectivity index (χ1v) is 6.71. The van der Waals surface area contributed by atoms with Crippen molar-refractivity contribution in [2.45, 2.75) is 12.5 Å². The molecule has 19 heavy (non-hydrogen) atoms. The average Bonchev–Trinajstić information content (AvgIpc) is 3.02. The summed E-state index contributed by atoms with van der Waals surface area (Å²) in [7, 11) is 0. The molecule has 1 aromatic heterocycles. The molecule has 0 radical (unpaired) electrons. The molecule has 2 aromatic carbocycles. The first-order valence-electron chi connectivity index (χ1n) is 6.34. The molecular weight excluding hydrogens is 258 g/mol. The van der Waals surface area contributed by atoms with Gasteiger partial charge in [0.25, 0.3) is 0 Å². The number of furan rings is 1. The number of fused-ring (bicyclic) bond motifs is 2. The highest BCUT2D eigenvalue weighted by Gasteiger charge is 2.24. The van der Waals surface area contributed by atoms with Gasteiger partial charge in [-0.05, 0) is 23.8 Å². The smallest absolute Gasteiger partial charge is 0.152 e. The second-order valence-electron chi connectivity index (χ2n) is 4.87. The van der Waals surface area contributed by atoms with Crippen LogP contribution in [0.25, 0.3) is 11.0 Å². The highest BCUT2D eigenvalue weighted by molar-refractivity contribution is 6.34. The van der Waals surface area contributed by atoms with Crippen LogP contribution in [-0.4, -0.2) is 0 Å². The zero-order chi connectivity index (χ0) is 12.8. The van der Waals surface area contributed by atoms with Gasteiger partial charge in [0.15, 0.2) is 5.58 Å². The summed E-state index contributed by atoms with van der Waals surface area (Å²) in [5, 5.41) is 5.22. The summed E-state index contributed by atoms with van der Waals surface area (Å²) in [6.45, 7) is 0. The van der Waals surface area contributed by atoms with Crippen LogP contribution < -0.4 is 5.32 Å². The lowest BCUT2D eigenvalue weighted by Gasteiger charge is -2.06. The van der Waals surface area contributed by atoms with Crippen LogP contribution in [-0.2, 0) is 6.42 Å². The second kappa shape index (κ2) is 4.04. The fraction of sp³-hybridized carbons (Fsp3) is 0.125. The predicted molar refractivity (Wildman–Crippen MR) is 77.7 cm³/mol. The van der Waals surface area contributed by atoms with Crippen molar-refractivity contribution in [3.05, 3.63) is 64.9 Å². The minimum atomic E-state index is 0.195. The molecule has 1 aliphatic heterocycles. The molecule has 1 N–H and O–H groups in total. The van der Waals surface area contributed by atoms with E-state index in [-0.39, 0.29) is 6.04 Å². The molecule has 0 saturated heterocycles. The Balaban J connectivity index is 1.75. The van der Waals surface area contributed by atoms with Crippen LogP contribution in [0.15, 0.2) is 52.9 Å². The predicted octanol–water partition coefficient (Wildman–Crippen LogP) is 4.80. The Morgan fingerprint density at radius 2 is 2.00 bits per heavy atom. The highest BCUT2D eigenvalue weighted by Crippen LogP contribution is 2.37. The van der Waals surface area contributed by atoms with E-state index < -0.39 is 0 Å². The fourth-order valence-corrected chi connectivity index (χ4v) is 2.91. The monoisotopic (exact) mass is 269 g/mol. The Hall–Kier alpha value is -1.93. The zero-order valence-electron chi connectivity index (χ0n) is 10.2. The number of benzene rings is 2. The van der Waals surface area contributed by atoms with Crippen LogP contribution in [0.2, 0.25) is 5.02 Å². The van der Waals surface area contributed by atoms with E-state index in [9.17, 15) is 0 Å². The van der Waals surface area contributed by atoms with Crippen molar-refractivity contribution < 1.29 is 4.42 Å². The van der Waals surface area contributed by atoms with Crippen LogP contribution in [0, 0.1) is 0 Å². The highest BCUT2D eigenvalue weighted by atomic mass is 35.5. The summed E-state index contributed by atoms with van der Waals surface area (Å²) in [6, 6.07) is 16.5. The quantitative estimate of drug-likeness (QED) is 0.687. The van der Waals surface area contributed by atoms with Crippen LogP contribution in [0.4, 0.5) is 5.69 Å². The SMILES string of the molecule is Clc1cccc2cc(C3Cc4ccccc4N3)oc12. The third-order valence-corrected chi connectivity index (χ3v) is 3.93. The van der Waals surface area contributed by atoms with E-state index >= 15 is 0 Å². The third kappa shape index (κ3) is 1.71. The van der Waals surface area contributed by atoms with Crippen molar-refractivity contribution in [3.63, 3.8) is 0 Å². The van der Waals surface area contributed by atoms with Crippen molar-refractivity contribution in [1.82, 2.24) is 0 Å². The lowest BCUT2D eigenvalue weighted by atomic mass is 10.1. The van der Waals surface area contributed by atoms with Gasteiger partial charge in [0.05, 0.1) is 11.1 Å². The van der Waals surface area contributed by atoms with E-state index in [2.05, 4.69) is 29.6 Å². The van der Waals surface area contributed by atoms with Gasteiger partial charge >= 0.3 is 0 Å². The molecule has 3 heteroatoms. The Bertz CT molecular complexity index is 737. The van der Waals surface area contributed by atoms with Crippen molar-refractivity contribution >= 4 is 28.3 Å². The molecule has 4 rings (SSSR count). The normalized spacial score (nSPS) is 17.4. The van der Waals surface area contributed by atoms with Gasteiger partial charge in [-0.2, -0.15) is 0 Å². The molecule has 2 nitrogen and oxygen atoms in total. The number of halogens is 1. The summed E-state index contributed by atoms with van der Waals surface area (Å²) in [5.41, 5.74) is 3.30. The molecule has 0 bridgehead atoms. The molecule has 0 spiro atoms. The minimum Gasteiger partial charge on any atom is -0.457 e. The summed E-state index contributed by atoms with van der Waals surface area (Å²) < 4.78 is 5.92. The molecule has 1 atom stereocenters. The van der Waals surface area contributed by atoms with Crippen molar-refractivity contribution in [1.29, 1.82) is 0 Å². The van der Waals surface area contributed by atoms with Gasteiger partial charge in [-0.3, -0.25) is 0 Å². The maximum absolute atomic E-state index is 6.15. The molecule has 3 aromatic rings. The molecule has 94 valence electrons. The molecule has 0 amide bonds. The molecule has 0 aliphatic carbocycles. The van der Waals surface area contributed by atoms with E-state index in [4.69, 9.17) is 16.0 Å². The fourth-order valence-electron chi connectivity index (χ4n) is 2.69. The van der Waals surface area contributed by atoms with E-state index in [0.29, 0.717) is 5.02 Å². The lowest BCUT2D eigenvalue weighted by Crippen LogP contribution is -2.03. The number of nitrogens with one attached hydrogen (secondary N) is 1. The molecule has 2 heterocycles. The first kappa shape index (κ1) is 10.9. The van der Waals surface area contributed by atoms with E-state index in [1.165, 1.54) is 11.3 Å². The molecule has 0 saturated carbocycles. The molecule has 0 fully saturated rings. The van der Waals surface area contributed by atoms with Gasteiger partial charge in [-0.15, -0.1) is 0 Å². The Morgan fingerprint density at radius 1 is 1.11 bits per heavy atom. The van der Waals surface area contributed by atoms with Crippen molar-refractivity contribution in [2.24, 2.45) is 0 Å². The Labute approximate surface area is 116 Å². The van der Waals surface area contributed by atoms with Crippen molar-refractivity contribution in [2.75, 3.05) is 5.32 Å². The van der Waals surface area contributed by atoms with Gasteiger partial charge in [0, 0.05) is 17.5 Å². The maximum Gasteiger partial charge on any atom is 0.152 e. The number of hydrogen-bond acceptors (Lipinski definition) is 2. The maximum atomic E-state index is 6.15. The van der Waals surface area contributed by atoms with Crippen LogP contribution >= 0.6 is 11.6 Å². The average molecular weight is 270 g/mol. The number of anilines is 1. The summed E-state index contributed by atoms with van der Waals surface area (Å²) in [6.07, 6.45) is 0.952. The van der Waals surface area contributed by atoms with E-state index in [1.807, 2.05) is 24.3 Å². The lowest BCUT2D eigenvalue weighted by molar-refractivity contribution is 0.517. The van der Waals surface area contributed by atoms with Gasteiger partial charge in [0.1, 0.15) is 5.76 Å². The molecule has 1 aliphatic rings. The second-order valence-corrected chi connectivity index (χ2v) is 5.27. The van der Waals surface area contributed by atoms with E-state index in [1.54, 1.807) is 0 Å². The number of hydrogen-bond donors (Lipinski definition) is 1. The topological polar surface area (TPSA) is 25.2 Å². The minimum absolute atomic E-state index is 0.195. The van der Waals surface area contributed by atoms with Crippen molar-refractivity contribution in [3.8, 4) is 0 Å². The standard InChI is InChI=1S/C16H12ClNO/c17-12-6-3-5-11-9-15(19-16(11)12)14-8-10-4-1-2-7-13(10)18-14/h1-7,9,14,18H,8H2. The summed E-state index contributed by atoms with van der Waals surface area (Å²) in [4.78, 5) is 0. The number of para-hydroxylation sites is 2. The summed E-state index contributed by atoms with van der Waals surface area (Å²) >= 11 is 6.15. The zero-order valence-corrected chi connectivity index (χ0v) is 10.9. The van der Waals surface area contributed by atoms with E-state index in [0.717, 1.165) is 23.2 Å². The van der Waals surface area contributed by atoms with Crippen LogP contribution in [0.1, 0.15) is 17.4 Å². The van der Waals surface area contributed by atoms with Gasteiger partial charge in [-0.25, -0.2) is 0 Å². The largest absolute Gasteiger partial charge is 0.457 e. The summed E-state index contributed by atoms with van der Waals surface area (Å²) in [5.74, 6) is 0.944. The number of rotatable bonds is 1. The molecule has 1 unspecified atom stereocenters. The first-order chi connectivity index (χ1) is 9.31. The van der Waals surface area contributed by atoms with Gasteiger partial charge < -0.3 is 9.73 Å². The van der Waals surface area contributed by atoms with Gasteiger partial charge in [-0.1, -0.05) is 41.9 Å². The Morgan fingerprint density at radius 3 is 2.84 bits per heavy atom. The van der Waals surface area contributed by atoms with Gasteiger partial charge in [0.2, 0.25) is 0 Å². The van der Waals surface area contributed by atoms with Crippen LogP contribution in [0.5, 0.6) is 0 Å². The third-order valence-electron chi connectivity index (χ3n) is 3.63.